The Bertz CT molecular complexity index is 348. The monoisotopic (exact) mass is 188 g/mol. The predicted molar refractivity (Wildman–Crippen MR) is 56.8 cm³/mol. The van der Waals surface area contributed by atoms with Gasteiger partial charge in [-0.1, -0.05) is 24.1 Å². The van der Waals surface area contributed by atoms with E-state index in [1.54, 1.807) is 13.4 Å². The van der Waals surface area contributed by atoms with Crippen molar-refractivity contribution in [3.8, 4) is 18.1 Å². The number of hydrogen-bond donors (Lipinski definition) is 0. The summed E-state index contributed by atoms with van der Waals surface area (Å²) < 4.78 is 10.2. The van der Waals surface area contributed by atoms with E-state index in [1.807, 2.05) is 30.3 Å². The molecule has 1 rings (SSSR count). The van der Waals surface area contributed by atoms with Crippen LogP contribution in [-0.2, 0) is 4.74 Å². The summed E-state index contributed by atoms with van der Waals surface area (Å²) in [4.78, 5) is 0. The molecule has 14 heavy (non-hydrogen) atoms. The first kappa shape index (κ1) is 10.2. The van der Waals surface area contributed by atoms with E-state index in [1.165, 1.54) is 0 Å². The highest BCUT2D eigenvalue weighted by atomic mass is 16.5. The molecule has 2 nitrogen and oxygen atoms in total. The average molecular weight is 188 g/mol. The third kappa shape index (κ3) is 2.87. The molecule has 1 aromatic rings. The van der Waals surface area contributed by atoms with E-state index in [9.17, 15) is 0 Å². The summed E-state index contributed by atoms with van der Waals surface area (Å²) in [7, 11) is 1.60. The van der Waals surface area contributed by atoms with Crippen molar-refractivity contribution in [3.05, 3.63) is 36.1 Å². The van der Waals surface area contributed by atoms with Crippen LogP contribution >= 0.6 is 0 Å². The van der Waals surface area contributed by atoms with Crippen molar-refractivity contribution in [3.63, 3.8) is 0 Å². The van der Waals surface area contributed by atoms with Gasteiger partial charge in [0, 0.05) is 5.56 Å². The van der Waals surface area contributed by atoms with Gasteiger partial charge in [-0.3, -0.25) is 0 Å². The van der Waals surface area contributed by atoms with Crippen molar-refractivity contribution < 1.29 is 9.47 Å². The van der Waals surface area contributed by atoms with Crippen molar-refractivity contribution in [1.82, 2.24) is 0 Å². The van der Waals surface area contributed by atoms with Crippen LogP contribution in [0.5, 0.6) is 5.75 Å². The molecule has 0 aliphatic carbocycles. The first-order valence-corrected chi connectivity index (χ1v) is 4.23. The number of methoxy groups -OCH3 is 1. The zero-order chi connectivity index (χ0) is 10.2. The van der Waals surface area contributed by atoms with Crippen molar-refractivity contribution in [1.29, 1.82) is 0 Å². The topological polar surface area (TPSA) is 18.5 Å². The van der Waals surface area contributed by atoms with Crippen LogP contribution in [0.25, 0.3) is 6.08 Å². The Morgan fingerprint density at radius 1 is 1.43 bits per heavy atom. The average Bonchev–Trinajstić information content (AvgIpc) is 2.24. The fraction of sp³-hybridized carbons (Fsp3) is 0.167. The molecular weight excluding hydrogens is 176 g/mol. The van der Waals surface area contributed by atoms with Crippen LogP contribution in [0.3, 0.4) is 0 Å². The van der Waals surface area contributed by atoms with Gasteiger partial charge in [-0.05, 0) is 12.1 Å². The number of benzene rings is 1. The Morgan fingerprint density at radius 3 is 2.93 bits per heavy atom. The molecule has 0 aromatic heterocycles. The van der Waals surface area contributed by atoms with Gasteiger partial charge < -0.3 is 9.47 Å². The van der Waals surface area contributed by atoms with Crippen molar-refractivity contribution in [2.24, 2.45) is 0 Å². The van der Waals surface area contributed by atoms with E-state index >= 15 is 0 Å². The summed E-state index contributed by atoms with van der Waals surface area (Å²) in [6, 6.07) is 7.63. The molecule has 0 heterocycles. The lowest BCUT2D eigenvalue weighted by Crippen LogP contribution is -1.94. The minimum Gasteiger partial charge on any atom is -0.504 e. The van der Waals surface area contributed by atoms with Crippen molar-refractivity contribution in [2.75, 3.05) is 13.7 Å². The molecule has 0 saturated heterocycles. The SMILES string of the molecule is C#CCOc1ccccc1C=COC. The van der Waals surface area contributed by atoms with Gasteiger partial charge in [0.25, 0.3) is 0 Å². The quantitative estimate of drug-likeness (QED) is 0.533. The highest BCUT2D eigenvalue weighted by Crippen LogP contribution is 2.19. The lowest BCUT2D eigenvalue weighted by molar-refractivity contribution is 0.340. The van der Waals surface area contributed by atoms with E-state index in [0.717, 1.165) is 11.3 Å². The van der Waals surface area contributed by atoms with E-state index in [2.05, 4.69) is 5.92 Å². The summed E-state index contributed by atoms with van der Waals surface area (Å²) in [5, 5.41) is 0. The van der Waals surface area contributed by atoms with E-state index < -0.39 is 0 Å². The van der Waals surface area contributed by atoms with Crippen molar-refractivity contribution >= 4 is 6.08 Å². The minimum absolute atomic E-state index is 0.276. The Balaban J connectivity index is 2.81. The smallest absolute Gasteiger partial charge is 0.148 e. The van der Waals surface area contributed by atoms with Gasteiger partial charge in [-0.25, -0.2) is 0 Å². The first-order valence-electron chi connectivity index (χ1n) is 4.23. The second-order valence-electron chi connectivity index (χ2n) is 2.57. The van der Waals surface area contributed by atoms with Crippen LogP contribution in [-0.4, -0.2) is 13.7 Å². The third-order valence-electron chi connectivity index (χ3n) is 1.61. The number of rotatable bonds is 4. The van der Waals surface area contributed by atoms with Crippen LogP contribution in [0.4, 0.5) is 0 Å². The van der Waals surface area contributed by atoms with E-state index in [-0.39, 0.29) is 6.61 Å². The first-order chi connectivity index (χ1) is 6.88. The minimum atomic E-state index is 0.276. The summed E-state index contributed by atoms with van der Waals surface area (Å²) >= 11 is 0. The third-order valence-corrected chi connectivity index (χ3v) is 1.61. The van der Waals surface area contributed by atoms with Gasteiger partial charge in [0.1, 0.15) is 12.4 Å². The van der Waals surface area contributed by atoms with Gasteiger partial charge in [-0.15, -0.1) is 6.42 Å². The molecule has 0 amide bonds. The number of terminal acetylenes is 1. The largest absolute Gasteiger partial charge is 0.504 e. The Hall–Kier alpha value is -1.88. The Kier molecular flexibility index (Phi) is 4.16. The van der Waals surface area contributed by atoms with Crippen molar-refractivity contribution in [2.45, 2.75) is 0 Å². The normalized spacial score (nSPS) is 9.71. The maximum Gasteiger partial charge on any atom is 0.148 e. The van der Waals surface area contributed by atoms with Crippen LogP contribution in [0.15, 0.2) is 30.5 Å². The van der Waals surface area contributed by atoms with Gasteiger partial charge in [-0.2, -0.15) is 0 Å². The number of para-hydroxylation sites is 1. The van der Waals surface area contributed by atoms with Gasteiger partial charge in [0.15, 0.2) is 0 Å². The molecule has 72 valence electrons. The molecule has 0 atom stereocenters. The van der Waals surface area contributed by atoms with Gasteiger partial charge in [0.2, 0.25) is 0 Å². The zero-order valence-electron chi connectivity index (χ0n) is 8.07. The predicted octanol–water partition coefficient (Wildman–Crippen LogP) is 2.32. The Labute approximate surface area is 84.2 Å². The second kappa shape index (κ2) is 5.71. The van der Waals surface area contributed by atoms with Gasteiger partial charge >= 0.3 is 0 Å². The maximum absolute atomic E-state index is 5.34. The summed E-state index contributed by atoms with van der Waals surface area (Å²) in [6.07, 6.45) is 8.53. The molecular formula is C12H12O2. The highest BCUT2D eigenvalue weighted by molar-refractivity contribution is 5.56. The molecule has 0 unspecified atom stereocenters. The number of hydrogen-bond acceptors (Lipinski definition) is 2. The standard InChI is InChI=1S/C12H12O2/c1-3-9-14-12-7-5-4-6-11(12)8-10-13-2/h1,4-8,10H,9H2,2H3. The molecule has 0 N–H and O–H groups in total. The lowest BCUT2D eigenvalue weighted by Gasteiger charge is -2.05. The number of ether oxygens (including phenoxy) is 2. The molecule has 0 fully saturated rings. The fourth-order valence-electron chi connectivity index (χ4n) is 1.01. The van der Waals surface area contributed by atoms with Crippen LogP contribution < -0.4 is 4.74 Å². The fourth-order valence-corrected chi connectivity index (χ4v) is 1.01. The van der Waals surface area contributed by atoms with Crippen LogP contribution in [0.1, 0.15) is 5.56 Å². The summed E-state index contributed by atoms with van der Waals surface area (Å²) in [6.45, 7) is 0.276. The second-order valence-corrected chi connectivity index (χ2v) is 2.57. The summed E-state index contributed by atoms with van der Waals surface area (Å²) in [5.74, 6) is 3.18. The van der Waals surface area contributed by atoms with E-state index in [0.29, 0.717) is 0 Å². The lowest BCUT2D eigenvalue weighted by atomic mass is 10.2. The van der Waals surface area contributed by atoms with Crippen LogP contribution in [0, 0.1) is 12.3 Å². The highest BCUT2D eigenvalue weighted by Gasteiger charge is 1.97. The molecule has 0 aliphatic heterocycles. The molecule has 0 radical (unpaired) electrons. The zero-order valence-corrected chi connectivity index (χ0v) is 8.07. The molecule has 0 saturated carbocycles. The summed E-state index contributed by atoms with van der Waals surface area (Å²) in [5.41, 5.74) is 0.949. The molecule has 0 aliphatic rings. The van der Waals surface area contributed by atoms with Crippen LogP contribution in [0.2, 0.25) is 0 Å². The molecule has 0 bridgehead atoms. The van der Waals surface area contributed by atoms with Gasteiger partial charge in [0.05, 0.1) is 13.4 Å². The molecule has 0 spiro atoms. The maximum atomic E-state index is 5.34. The van der Waals surface area contributed by atoms with E-state index in [4.69, 9.17) is 15.9 Å². The molecule has 2 heteroatoms. The molecule has 1 aromatic carbocycles. The Morgan fingerprint density at radius 2 is 2.21 bits per heavy atom.